The molecule has 0 fully saturated rings. The van der Waals surface area contributed by atoms with E-state index in [1.54, 1.807) is 24.3 Å². The zero-order chi connectivity index (χ0) is 38.6. The lowest BCUT2D eigenvalue weighted by Crippen LogP contribution is -2.56. The molecule has 1 unspecified atom stereocenters. The molecular formula is C44H39Cl2N3O6. The molecule has 0 saturated heterocycles. The Kier molecular flexibility index (Phi) is 11.3. The molecule has 0 spiro atoms. The van der Waals surface area contributed by atoms with E-state index >= 15 is 0 Å². The molecule has 0 saturated carbocycles. The molecule has 7 rings (SSSR count). The first-order chi connectivity index (χ1) is 26.5. The molecule has 2 aliphatic heterocycles. The van der Waals surface area contributed by atoms with Gasteiger partial charge in [0.1, 0.15) is 25.0 Å². The fourth-order valence-corrected chi connectivity index (χ4v) is 7.29. The molecule has 2 heterocycles. The lowest BCUT2D eigenvalue weighted by molar-refractivity contribution is -0.143. The lowest BCUT2D eigenvalue weighted by atomic mass is 9.91. The van der Waals surface area contributed by atoms with Gasteiger partial charge in [-0.05, 0) is 108 Å². The molecule has 0 aliphatic carbocycles. The van der Waals surface area contributed by atoms with Crippen molar-refractivity contribution in [2.45, 2.75) is 64.1 Å². The fourth-order valence-electron chi connectivity index (χ4n) is 6.97. The topological polar surface area (TPSA) is 121 Å². The van der Waals surface area contributed by atoms with Gasteiger partial charge in [0, 0.05) is 19.0 Å². The summed E-state index contributed by atoms with van der Waals surface area (Å²) in [6.07, 6.45) is 0.209. The van der Waals surface area contributed by atoms with Crippen LogP contribution in [0.3, 0.4) is 0 Å². The first-order valence-electron chi connectivity index (χ1n) is 18.0. The van der Waals surface area contributed by atoms with Crippen LogP contribution in [0.4, 0.5) is 0 Å². The Hall–Kier alpha value is -5.53. The van der Waals surface area contributed by atoms with E-state index in [0.717, 1.165) is 38.9 Å². The zero-order valence-corrected chi connectivity index (χ0v) is 31.8. The second-order valence-electron chi connectivity index (χ2n) is 14.1. The van der Waals surface area contributed by atoms with Crippen molar-refractivity contribution in [3.8, 4) is 34.4 Å². The highest BCUT2D eigenvalue weighted by atomic mass is 35.5. The summed E-state index contributed by atoms with van der Waals surface area (Å²) in [5.74, 6) is 0.522. The summed E-state index contributed by atoms with van der Waals surface area (Å²) >= 11 is 12.2. The minimum Gasteiger partial charge on any atom is -0.489 e. The van der Waals surface area contributed by atoms with Crippen LogP contribution in [-0.4, -0.2) is 46.6 Å². The van der Waals surface area contributed by atoms with E-state index < -0.39 is 18.1 Å². The van der Waals surface area contributed by atoms with Gasteiger partial charge in [-0.1, -0.05) is 77.8 Å². The zero-order valence-electron chi connectivity index (χ0n) is 30.3. The number of nitrogens with zero attached hydrogens (tertiary/aromatic N) is 2. The number of amides is 1. The lowest BCUT2D eigenvalue weighted by Gasteiger charge is -2.39. The van der Waals surface area contributed by atoms with E-state index in [-0.39, 0.29) is 24.5 Å². The Morgan fingerprint density at radius 1 is 0.891 bits per heavy atom. The summed E-state index contributed by atoms with van der Waals surface area (Å²) in [7, 11) is 0. The molecule has 2 aliphatic rings. The van der Waals surface area contributed by atoms with Gasteiger partial charge in [-0.25, -0.2) is 4.79 Å². The summed E-state index contributed by atoms with van der Waals surface area (Å²) in [5, 5.41) is 23.0. The normalized spacial score (nSPS) is 16.8. The van der Waals surface area contributed by atoms with E-state index in [1.807, 2.05) is 92.7 Å². The number of carboxylic acids is 1. The van der Waals surface area contributed by atoms with Crippen LogP contribution in [0.25, 0.3) is 11.1 Å². The van der Waals surface area contributed by atoms with Crippen LogP contribution in [0.1, 0.15) is 53.3 Å². The average molecular weight is 777 g/mol. The SMILES string of the molecule is CC(C)N1Cc2cc3c(cc2C[C@H]1C(=O)NC(Cc1ccc(-c2ccc(C#N)cc2)cc1)C(=O)O)OC[C@H](c1ccc(OCc2ccc(Cl)c(Cl)c2)cc1)O3. The van der Waals surface area contributed by atoms with Crippen LogP contribution in [0.15, 0.2) is 103 Å². The standard InChI is InChI=1S/C44H39Cl2N3O6/c1-26(2)49-23-34-21-41-40(54-25-42(55-41)32-12-14-35(15-13-32)53-24-29-7-16-36(45)37(46)17-29)20-33(34)19-39(49)43(50)48-38(44(51)52)18-27-3-8-30(9-4-27)31-10-5-28(22-47)6-11-31/h3-17,20-21,26,38-39,42H,18-19,23-25H2,1-2H3,(H,48,50)(H,51,52)/t38?,39-,42+/m0/s1. The quantitative estimate of drug-likeness (QED) is 0.137. The van der Waals surface area contributed by atoms with Gasteiger partial charge in [-0.15, -0.1) is 0 Å². The Bertz CT molecular complexity index is 2240. The number of nitriles is 1. The largest absolute Gasteiger partial charge is 0.489 e. The van der Waals surface area contributed by atoms with Crippen LogP contribution >= 0.6 is 23.2 Å². The number of hydrogen-bond donors (Lipinski definition) is 2. The number of rotatable bonds is 11. The number of fused-ring (bicyclic) bond motifs is 2. The van der Waals surface area contributed by atoms with Crippen LogP contribution in [0.2, 0.25) is 10.0 Å². The van der Waals surface area contributed by atoms with Crippen LogP contribution < -0.4 is 19.5 Å². The molecule has 5 aromatic carbocycles. The molecule has 11 heteroatoms. The van der Waals surface area contributed by atoms with Crippen molar-refractivity contribution in [3.63, 3.8) is 0 Å². The third kappa shape index (κ3) is 8.73. The molecule has 1 amide bonds. The van der Waals surface area contributed by atoms with Gasteiger partial charge >= 0.3 is 5.97 Å². The molecule has 0 radical (unpaired) electrons. The van der Waals surface area contributed by atoms with E-state index in [9.17, 15) is 14.7 Å². The van der Waals surface area contributed by atoms with Crippen LogP contribution in [0, 0.1) is 11.3 Å². The number of nitrogens with one attached hydrogen (secondary N) is 1. The van der Waals surface area contributed by atoms with Crippen LogP contribution in [0.5, 0.6) is 17.2 Å². The number of benzene rings is 5. The number of carbonyl (C=O) groups excluding carboxylic acids is 1. The molecule has 0 bridgehead atoms. The van der Waals surface area contributed by atoms with Crippen molar-refractivity contribution in [3.05, 3.63) is 147 Å². The Labute approximate surface area is 330 Å². The second kappa shape index (κ2) is 16.5. The number of aliphatic carboxylic acids is 1. The summed E-state index contributed by atoms with van der Waals surface area (Å²) in [6, 6.07) is 32.4. The predicted molar refractivity (Wildman–Crippen MR) is 211 cm³/mol. The molecule has 55 heavy (non-hydrogen) atoms. The number of ether oxygens (including phenoxy) is 3. The summed E-state index contributed by atoms with van der Waals surface area (Å²) in [6.45, 7) is 5.21. The first-order valence-corrected chi connectivity index (χ1v) is 18.8. The maximum absolute atomic E-state index is 13.9. The van der Waals surface area contributed by atoms with E-state index in [4.69, 9.17) is 42.7 Å². The Balaban J connectivity index is 0.994. The Morgan fingerprint density at radius 2 is 1.56 bits per heavy atom. The van der Waals surface area contributed by atoms with Gasteiger partial charge in [0.05, 0.1) is 27.7 Å². The predicted octanol–water partition coefficient (Wildman–Crippen LogP) is 8.57. The van der Waals surface area contributed by atoms with Crippen LogP contribution in [-0.2, 0) is 35.6 Å². The van der Waals surface area contributed by atoms with Gasteiger partial charge < -0.3 is 24.6 Å². The van der Waals surface area contributed by atoms with Crippen molar-refractivity contribution >= 4 is 35.1 Å². The van der Waals surface area contributed by atoms with Crippen molar-refractivity contribution in [1.82, 2.24) is 10.2 Å². The summed E-state index contributed by atoms with van der Waals surface area (Å²) in [4.78, 5) is 28.3. The van der Waals surface area contributed by atoms with Gasteiger partial charge in [0.25, 0.3) is 0 Å². The molecule has 9 nitrogen and oxygen atoms in total. The first kappa shape index (κ1) is 37.8. The summed E-state index contributed by atoms with van der Waals surface area (Å²) in [5.41, 5.74) is 7.12. The molecule has 5 aromatic rings. The molecule has 0 aromatic heterocycles. The van der Waals surface area contributed by atoms with Crippen molar-refractivity contribution in [1.29, 1.82) is 5.26 Å². The monoisotopic (exact) mass is 775 g/mol. The third-order valence-corrected chi connectivity index (χ3v) is 10.8. The number of carbonyl (C=O) groups is 2. The second-order valence-corrected chi connectivity index (χ2v) is 14.9. The van der Waals surface area contributed by atoms with Gasteiger partial charge in [-0.3, -0.25) is 9.69 Å². The minimum atomic E-state index is -1.11. The van der Waals surface area contributed by atoms with Crippen molar-refractivity contribution in [2.24, 2.45) is 0 Å². The highest BCUT2D eigenvalue weighted by Crippen LogP contribution is 2.41. The number of halogens is 2. The molecule has 3 atom stereocenters. The van der Waals surface area contributed by atoms with E-state index in [2.05, 4.69) is 16.3 Å². The fraction of sp³-hybridized carbons (Fsp3) is 0.250. The third-order valence-electron chi connectivity index (χ3n) is 10.1. The molecule has 280 valence electrons. The van der Waals surface area contributed by atoms with Crippen molar-refractivity contribution in [2.75, 3.05) is 6.61 Å². The Morgan fingerprint density at radius 3 is 2.22 bits per heavy atom. The highest BCUT2D eigenvalue weighted by molar-refractivity contribution is 6.42. The molecular weight excluding hydrogens is 737 g/mol. The van der Waals surface area contributed by atoms with Gasteiger partial charge in [0.15, 0.2) is 17.6 Å². The highest BCUT2D eigenvalue weighted by Gasteiger charge is 2.36. The van der Waals surface area contributed by atoms with Gasteiger partial charge in [-0.2, -0.15) is 5.26 Å². The smallest absolute Gasteiger partial charge is 0.326 e. The average Bonchev–Trinajstić information content (AvgIpc) is 3.20. The van der Waals surface area contributed by atoms with Gasteiger partial charge in [0.2, 0.25) is 5.91 Å². The van der Waals surface area contributed by atoms with E-state index in [0.29, 0.717) is 59.0 Å². The molecule has 2 N–H and O–H groups in total. The maximum Gasteiger partial charge on any atom is 0.326 e. The summed E-state index contributed by atoms with van der Waals surface area (Å²) < 4.78 is 18.6. The van der Waals surface area contributed by atoms with Crippen molar-refractivity contribution < 1.29 is 28.9 Å². The minimum absolute atomic E-state index is 0.0142. The number of hydrogen-bond acceptors (Lipinski definition) is 7. The maximum atomic E-state index is 13.9. The van der Waals surface area contributed by atoms with E-state index in [1.165, 1.54) is 0 Å². The number of carboxylic acid groups (broad SMARTS) is 1.